The van der Waals surface area contributed by atoms with Gasteiger partial charge in [0.25, 0.3) is 0 Å². The third-order valence-electron chi connectivity index (χ3n) is 8.25. The molecule has 4 fully saturated rings. The van der Waals surface area contributed by atoms with Crippen molar-refractivity contribution in [3.8, 4) is 6.07 Å². The zero-order chi connectivity index (χ0) is 24.3. The summed E-state index contributed by atoms with van der Waals surface area (Å²) in [5.74, 6) is -0.170. The molecule has 2 aliphatic heterocycles. The molecule has 1 unspecified atom stereocenters. The lowest BCUT2D eigenvalue weighted by molar-refractivity contribution is -0.138. The fourth-order valence-corrected chi connectivity index (χ4v) is 5.57. The first-order valence-corrected chi connectivity index (χ1v) is 12.0. The van der Waals surface area contributed by atoms with E-state index in [9.17, 15) is 22.8 Å². The van der Waals surface area contributed by atoms with Crippen molar-refractivity contribution in [3.63, 3.8) is 0 Å². The highest BCUT2D eigenvalue weighted by Gasteiger charge is 2.56. The molecule has 2 saturated heterocycles. The third kappa shape index (κ3) is 4.12. The molecule has 4 aliphatic rings. The number of carbonyl (C=O) groups excluding carboxylic acids is 2. The second-order valence-corrected chi connectivity index (χ2v) is 10.8. The van der Waals surface area contributed by atoms with Crippen molar-refractivity contribution in [2.75, 3.05) is 31.1 Å². The van der Waals surface area contributed by atoms with Gasteiger partial charge in [-0.3, -0.25) is 9.59 Å². The highest BCUT2D eigenvalue weighted by atomic mass is 19.4. The highest BCUT2D eigenvalue weighted by Crippen LogP contribution is 2.51. The molecule has 1 spiro atoms. The van der Waals surface area contributed by atoms with Gasteiger partial charge in [0.05, 0.1) is 23.1 Å². The summed E-state index contributed by atoms with van der Waals surface area (Å²) in [4.78, 5) is 30.0. The van der Waals surface area contributed by atoms with E-state index in [-0.39, 0.29) is 40.2 Å². The van der Waals surface area contributed by atoms with Crippen LogP contribution in [0.4, 0.5) is 18.9 Å². The number of piperidine rings is 1. The fraction of sp³-hybridized carbons (Fsp3) is 0.640. The number of nitriles is 1. The smallest absolute Gasteiger partial charge is 0.371 e. The molecule has 1 N–H and O–H groups in total. The van der Waals surface area contributed by atoms with Crippen LogP contribution in [0, 0.1) is 28.1 Å². The van der Waals surface area contributed by atoms with Crippen LogP contribution in [-0.4, -0.2) is 48.9 Å². The van der Waals surface area contributed by atoms with Gasteiger partial charge >= 0.3 is 6.18 Å². The molecule has 34 heavy (non-hydrogen) atoms. The van der Waals surface area contributed by atoms with Gasteiger partial charge in [0.15, 0.2) is 0 Å². The summed E-state index contributed by atoms with van der Waals surface area (Å²) in [6.07, 6.45) is 0.370. The van der Waals surface area contributed by atoms with Gasteiger partial charge < -0.3 is 15.1 Å². The monoisotopic (exact) mass is 474 g/mol. The lowest BCUT2D eigenvalue weighted by Gasteiger charge is -2.43. The van der Waals surface area contributed by atoms with Gasteiger partial charge in [-0.2, -0.15) is 18.4 Å². The highest BCUT2D eigenvalue weighted by molar-refractivity contribution is 5.87. The zero-order valence-electron chi connectivity index (χ0n) is 19.2. The number of benzene rings is 1. The summed E-state index contributed by atoms with van der Waals surface area (Å²) in [5, 5.41) is 12.2. The van der Waals surface area contributed by atoms with Crippen LogP contribution in [-0.2, 0) is 15.8 Å². The van der Waals surface area contributed by atoms with Crippen molar-refractivity contribution in [2.45, 2.75) is 57.7 Å². The number of anilines is 1. The van der Waals surface area contributed by atoms with Crippen LogP contribution in [0.1, 0.15) is 56.6 Å². The van der Waals surface area contributed by atoms with E-state index in [1.165, 1.54) is 6.07 Å². The molecule has 1 aromatic carbocycles. The van der Waals surface area contributed by atoms with Gasteiger partial charge in [-0.05, 0) is 56.7 Å². The maximum Gasteiger partial charge on any atom is 0.417 e. The predicted octanol–water partition coefficient (Wildman–Crippen LogP) is 3.70. The number of halogens is 3. The maximum absolute atomic E-state index is 13.4. The normalized spacial score (nSPS) is 25.2. The average Bonchev–Trinajstić information content (AvgIpc) is 3.73. The molecule has 2 saturated carbocycles. The van der Waals surface area contributed by atoms with Crippen LogP contribution in [0.2, 0.25) is 0 Å². The Labute approximate surface area is 197 Å². The average molecular weight is 475 g/mol. The molecule has 5 rings (SSSR count). The van der Waals surface area contributed by atoms with Crippen molar-refractivity contribution >= 4 is 17.5 Å². The third-order valence-corrected chi connectivity index (χ3v) is 8.25. The van der Waals surface area contributed by atoms with E-state index < -0.39 is 11.7 Å². The quantitative estimate of drug-likeness (QED) is 0.722. The van der Waals surface area contributed by atoms with E-state index in [0.29, 0.717) is 44.7 Å². The van der Waals surface area contributed by atoms with Crippen LogP contribution in [0.3, 0.4) is 0 Å². The molecule has 6 nitrogen and oxygen atoms in total. The molecular formula is C25H29F3N4O2. The number of rotatable bonds is 4. The molecule has 182 valence electrons. The second-order valence-electron chi connectivity index (χ2n) is 10.8. The van der Waals surface area contributed by atoms with Crippen LogP contribution < -0.4 is 10.2 Å². The maximum atomic E-state index is 13.4. The van der Waals surface area contributed by atoms with Crippen molar-refractivity contribution in [1.29, 1.82) is 5.26 Å². The first kappa shape index (κ1) is 23.0. The summed E-state index contributed by atoms with van der Waals surface area (Å²) in [7, 11) is 0. The molecule has 2 amide bonds. The SMILES string of the molecule is CC1(C(=O)N2CC(C(=O)NC3CC3)C3(CCN(c4ccc(C#N)c(C(F)(F)F)c4)CC3)C2)CC1. The van der Waals surface area contributed by atoms with Crippen LogP contribution in [0.5, 0.6) is 0 Å². The molecule has 0 radical (unpaired) electrons. The van der Waals surface area contributed by atoms with E-state index in [2.05, 4.69) is 5.32 Å². The Morgan fingerprint density at radius 2 is 1.82 bits per heavy atom. The summed E-state index contributed by atoms with van der Waals surface area (Å²) in [6, 6.07) is 5.68. The van der Waals surface area contributed by atoms with Crippen LogP contribution in [0.25, 0.3) is 0 Å². The molecule has 1 atom stereocenters. The zero-order valence-corrected chi connectivity index (χ0v) is 19.2. The van der Waals surface area contributed by atoms with Crippen molar-refractivity contribution in [2.24, 2.45) is 16.7 Å². The number of amides is 2. The number of alkyl halides is 3. The Morgan fingerprint density at radius 3 is 2.38 bits per heavy atom. The molecule has 9 heteroatoms. The van der Waals surface area contributed by atoms with E-state index in [1.807, 2.05) is 16.7 Å². The minimum absolute atomic E-state index is 0.00457. The summed E-state index contributed by atoms with van der Waals surface area (Å²) < 4.78 is 40.3. The number of nitrogens with zero attached hydrogens (tertiary/aromatic N) is 3. The first-order chi connectivity index (χ1) is 16.0. The summed E-state index contributed by atoms with van der Waals surface area (Å²) in [6.45, 7) is 3.91. The van der Waals surface area contributed by atoms with Crippen LogP contribution >= 0.6 is 0 Å². The Hall–Kier alpha value is -2.76. The molecule has 2 heterocycles. The Balaban J connectivity index is 1.35. The fourth-order valence-electron chi connectivity index (χ4n) is 5.57. The van der Waals surface area contributed by atoms with Crippen LogP contribution in [0.15, 0.2) is 18.2 Å². The van der Waals surface area contributed by atoms with E-state index in [4.69, 9.17) is 5.26 Å². The van der Waals surface area contributed by atoms with Gasteiger partial charge in [-0.1, -0.05) is 6.92 Å². The number of nitrogens with one attached hydrogen (secondary N) is 1. The number of hydrogen-bond donors (Lipinski definition) is 1. The van der Waals surface area contributed by atoms with Gasteiger partial charge in [0, 0.05) is 48.7 Å². The number of carbonyl (C=O) groups is 2. The second kappa shape index (κ2) is 7.89. The van der Waals surface area contributed by atoms with E-state index >= 15 is 0 Å². The van der Waals surface area contributed by atoms with E-state index in [1.54, 1.807) is 12.1 Å². The molecule has 0 bridgehead atoms. The standard InChI is InChI=1S/C25H29F3N4O2/c1-23(6-7-23)22(34)32-14-20(21(33)30-17-3-4-17)24(15-32)8-10-31(11-9-24)18-5-2-16(13-29)19(12-18)25(26,27)28/h2,5,12,17,20H,3-4,6-11,14-15H2,1H3,(H,30,33). The molecule has 0 aromatic heterocycles. The van der Waals surface area contributed by atoms with Gasteiger partial charge in [0.1, 0.15) is 0 Å². The topological polar surface area (TPSA) is 76.4 Å². The van der Waals surface area contributed by atoms with Crippen molar-refractivity contribution in [1.82, 2.24) is 10.2 Å². The minimum atomic E-state index is -4.60. The van der Waals surface area contributed by atoms with Crippen molar-refractivity contribution < 1.29 is 22.8 Å². The number of likely N-dealkylation sites (tertiary alicyclic amines) is 1. The lowest BCUT2D eigenvalue weighted by Crippen LogP contribution is -2.49. The van der Waals surface area contributed by atoms with Gasteiger partial charge in [-0.15, -0.1) is 0 Å². The largest absolute Gasteiger partial charge is 0.417 e. The Kier molecular flexibility index (Phi) is 5.34. The van der Waals surface area contributed by atoms with Gasteiger partial charge in [0.2, 0.25) is 11.8 Å². The summed E-state index contributed by atoms with van der Waals surface area (Å²) in [5.41, 5.74) is -1.56. The molecule has 2 aliphatic carbocycles. The van der Waals surface area contributed by atoms with E-state index in [0.717, 1.165) is 31.7 Å². The van der Waals surface area contributed by atoms with Crippen molar-refractivity contribution in [3.05, 3.63) is 29.3 Å². The minimum Gasteiger partial charge on any atom is -0.371 e. The predicted molar refractivity (Wildman–Crippen MR) is 119 cm³/mol. The lowest BCUT2D eigenvalue weighted by atomic mass is 9.70. The first-order valence-electron chi connectivity index (χ1n) is 12.0. The molecule has 1 aromatic rings. The van der Waals surface area contributed by atoms with Gasteiger partial charge in [-0.25, -0.2) is 0 Å². The summed E-state index contributed by atoms with van der Waals surface area (Å²) >= 11 is 0. The number of hydrogen-bond acceptors (Lipinski definition) is 4. The molecular weight excluding hydrogens is 445 g/mol. The Bertz CT molecular complexity index is 1050. The Morgan fingerprint density at radius 1 is 1.15 bits per heavy atom.